The highest BCUT2D eigenvalue weighted by atomic mass is 19.6. The Labute approximate surface area is 657 Å². The first kappa shape index (κ1) is 99.7. The summed E-state index contributed by atoms with van der Waals surface area (Å²) in [6.45, 7) is 28.0. The smallest absolute Gasteiger partial charge is 0.434 e. The van der Waals surface area contributed by atoms with Gasteiger partial charge in [0.2, 0.25) is 0 Å². The number of benzene rings is 5. The molecule has 0 radical (unpaired) electrons. The zero-order valence-electron chi connectivity index (χ0n) is 67.0. The van der Waals surface area contributed by atoms with Gasteiger partial charge in [-0.25, -0.2) is 22.6 Å². The fourth-order valence-electron chi connectivity index (χ4n) is 11.7. The third-order valence-electron chi connectivity index (χ3n) is 18.2. The number of carbonyl (C=O) groups excluding carboxylic acids is 3. The second-order valence-corrected chi connectivity index (χ2v) is 27.6. The average Bonchev–Trinajstić information content (AvgIpc) is 0.908. The lowest BCUT2D eigenvalue weighted by Crippen LogP contribution is -2.56. The number of aromatic nitrogens is 2. The van der Waals surface area contributed by atoms with Gasteiger partial charge < -0.3 is 60.5 Å². The molecular weight excluding hydrogens is 1490 g/mol. The van der Waals surface area contributed by atoms with Crippen molar-refractivity contribution in [3.05, 3.63) is 185 Å². The SMILES string of the molecule is CC(=O)[C@@H](N)Cc1ccc(OCC[18F])cc1.CC(C)CCCCC[18F].CCC(O)Cn1ccnc1[N+](=O)[O-].C[C@@H]1OC(CO)[C@@H](O)C(O)[C@H]1[18F].Cc1cc2c(cc1OCCC[18F])CCN1C[C@@H](CC(C)C)[C@H](O)C[C@H]21.F[18F].O=C=O.[2H]c1c([N+](=O)[O-])cccc1[N+](=O)[O-].[C-]#[N+]/C(C)=C(/C)c1ccc2cc(N(C)CC[18F])ccc2c1. The molecule has 10 atom stereocenters. The van der Waals surface area contributed by atoms with Crippen molar-refractivity contribution < 1.29 is 101 Å². The second-order valence-electron chi connectivity index (χ2n) is 27.6. The Hall–Kier alpha value is -9.36. The van der Waals surface area contributed by atoms with Gasteiger partial charge in [-0.3, -0.25) is 38.7 Å². The summed E-state index contributed by atoms with van der Waals surface area (Å²) in [4.78, 5) is 67.4. The molecule has 0 aliphatic carbocycles. The van der Waals surface area contributed by atoms with Crippen LogP contribution in [0.1, 0.15) is 149 Å². The van der Waals surface area contributed by atoms with Gasteiger partial charge in [-0.15, -0.1) is 0 Å². The van der Waals surface area contributed by atoms with E-state index in [1.165, 1.54) is 60.8 Å². The third-order valence-corrected chi connectivity index (χ3v) is 18.2. The monoisotopic (exact) mass is 1600 g/mol. The van der Waals surface area contributed by atoms with Crippen LogP contribution < -0.4 is 20.1 Å². The average molecular weight is 1600 g/mol. The molecule has 4 heterocycles. The van der Waals surface area contributed by atoms with Crippen LogP contribution in [-0.2, 0) is 38.5 Å². The van der Waals surface area contributed by atoms with E-state index in [4.69, 9.17) is 61.9 Å². The molecule has 6 aromatic rings. The summed E-state index contributed by atoms with van der Waals surface area (Å²) < 4.78 is 101. The summed E-state index contributed by atoms with van der Waals surface area (Å²) >= 11 is 0. The van der Waals surface area contributed by atoms with Crippen LogP contribution in [0.3, 0.4) is 0 Å². The molecule has 26 nitrogen and oxygen atoms in total. The van der Waals surface area contributed by atoms with E-state index in [0.29, 0.717) is 61.7 Å². The Morgan fingerprint density at radius 2 is 1.46 bits per heavy atom. The van der Waals surface area contributed by atoms with Gasteiger partial charge in [-0.2, -0.15) is 9.59 Å². The van der Waals surface area contributed by atoms with Crippen molar-refractivity contribution in [2.24, 2.45) is 23.5 Å². The molecule has 3 aliphatic rings. The van der Waals surface area contributed by atoms with E-state index in [-0.39, 0.29) is 57.2 Å². The van der Waals surface area contributed by atoms with E-state index < -0.39 is 88.2 Å². The maximum Gasteiger partial charge on any atom is 0.434 e. The lowest BCUT2D eigenvalue weighted by atomic mass is 9.79. The minimum Gasteiger partial charge on any atom is -0.493 e. The number of anilines is 1. The van der Waals surface area contributed by atoms with Crippen molar-refractivity contribution in [3.63, 3.8) is 0 Å². The first-order valence-corrected chi connectivity index (χ1v) is 37.0. The zero-order valence-corrected chi connectivity index (χ0v) is 66.0. The summed E-state index contributed by atoms with van der Waals surface area (Å²) in [5.41, 5.74) is 13.1. The number of imidazole rings is 1. The van der Waals surface area contributed by atoms with Crippen LogP contribution in [0.15, 0.2) is 115 Å². The second kappa shape index (κ2) is 56.0. The number of nitrogens with two attached hydrogens (primary N) is 1. The molecular formula is C80H112F7N9O17. The predicted molar refractivity (Wildman–Crippen MR) is 417 cm³/mol. The standard InChI is InChI=1S/C21H32FNO2.C18H19FN2.C12H16FNO2.C8H17F.C7H13FO4.C7H11N3O3.C6H4N2O4.CO2.F2/c1-14(2)9-17-13-23-7-5-16-11-21(25-8-4-6-22)15(3)10-18(16)19(23)12-20(17)24;1-13(14(2)20-3)15-5-6-17-12-18(21(4)10-9-19)8-7-16(17)11-15;1-9(15)12(14)8-10-2-4-11(5-3-10)16-7-6-13;1-8(2)6-4-3-5-7-9;1-3-5(8)7(11)6(10)4(2-9)12-3;1-2-6(11)5-9-4-3-8-7(9)10(12)13;9-7(10)5-2-1-3-6(4-5)8(11)12;2-1-3;1-2/h10-11,14,17,19-20,24H,4-9,12-13H2,1-3H3;5-8,11-12H,9-10H2,1-2,4H3;2-5,12H,6-8,14H2,1H3;8H,3-7H2,1-2H3;3-7,9-11H,2H2,1H3;3-4,6,11H,2,5H2,1H3;1-4H;;/b;14-13-;;;;;;;/t17-,19-,20-;;12-;;3-,4?,5-,6+,7?;;;;/m1.0.0..../s1/i22-1;19-1;13-1;9-1;8-1;;4D;;1-1. The number of Topliss-reactive ketones (excluding diaryl/α,β-unsaturated/α-hetero) is 1. The first-order chi connectivity index (χ1) is 54.1. The Bertz CT molecular complexity index is 3900. The van der Waals surface area contributed by atoms with E-state index in [9.17, 15) is 67.3 Å². The fraction of sp³-hybridized carbons (Fsp3) is 0.550. The summed E-state index contributed by atoms with van der Waals surface area (Å²) in [7, 11) is 1.89. The molecule has 33 heteroatoms. The van der Waals surface area contributed by atoms with E-state index in [1.54, 1.807) is 12.1 Å². The van der Waals surface area contributed by atoms with E-state index in [1.807, 2.05) is 63.1 Å². The highest BCUT2D eigenvalue weighted by molar-refractivity contribution is 5.89. The molecule has 2 fully saturated rings. The van der Waals surface area contributed by atoms with Crippen molar-refractivity contribution in [3.8, 4) is 11.5 Å². The lowest BCUT2D eigenvalue weighted by Gasteiger charge is -2.46. The number of alkyl halides is 5. The van der Waals surface area contributed by atoms with Gasteiger partial charge in [-0.05, 0) is 182 Å². The van der Waals surface area contributed by atoms with Gasteiger partial charge in [-0.1, -0.05) is 95.3 Å². The number of carbonyl (C=O) groups is 1. The number of ketones is 1. The van der Waals surface area contributed by atoms with Gasteiger partial charge >= 0.3 is 12.1 Å². The van der Waals surface area contributed by atoms with Crippen molar-refractivity contribution in [1.82, 2.24) is 14.5 Å². The molecule has 0 bridgehead atoms. The van der Waals surface area contributed by atoms with E-state index in [2.05, 4.69) is 79.7 Å². The molecule has 3 aliphatic heterocycles. The highest BCUT2D eigenvalue weighted by Crippen LogP contribution is 2.42. The van der Waals surface area contributed by atoms with Gasteiger partial charge in [0.1, 0.15) is 67.9 Å². The number of rotatable bonds is 28. The number of halogens is 7. The number of fused-ring (bicyclic) bond motifs is 4. The molecule has 0 amide bonds. The number of ether oxygens (including phenoxy) is 3. The number of hydrogen-bond donors (Lipinski definition) is 6. The van der Waals surface area contributed by atoms with Crippen molar-refractivity contribution in [2.75, 3.05) is 78.1 Å². The largest absolute Gasteiger partial charge is 0.493 e. The van der Waals surface area contributed by atoms with Crippen LogP contribution in [0.2, 0.25) is 0 Å². The van der Waals surface area contributed by atoms with Crippen molar-refractivity contribution in [2.45, 2.75) is 195 Å². The molecule has 7 N–H and O–H groups in total. The van der Waals surface area contributed by atoms with Crippen molar-refractivity contribution >= 4 is 51.3 Å². The maximum atomic E-state index is 12.9. The van der Waals surface area contributed by atoms with Crippen LogP contribution in [0, 0.1) is 61.6 Å². The molecule has 3 unspecified atom stereocenters. The van der Waals surface area contributed by atoms with Crippen LogP contribution in [0.5, 0.6) is 11.5 Å². The molecule has 0 saturated carbocycles. The third kappa shape index (κ3) is 37.0. The Morgan fingerprint density at radius 3 is 2.00 bits per heavy atom. The first-order valence-electron chi connectivity index (χ1n) is 37.5. The minimum atomic E-state index is -1.59. The molecule has 2 saturated heterocycles. The molecule has 628 valence electrons. The quantitative estimate of drug-likeness (QED) is 0.00873. The Balaban J connectivity index is 0.000000673. The minimum absolute atomic E-state index is 0.0299. The number of piperidine rings is 1. The summed E-state index contributed by atoms with van der Waals surface area (Å²) in [6, 6.07) is 26.3. The summed E-state index contributed by atoms with van der Waals surface area (Å²) in [6.07, 6.45) is 4.95. The molecule has 0 spiro atoms. The number of allylic oxidation sites excluding steroid dienone is 2. The van der Waals surface area contributed by atoms with E-state index in [0.717, 1.165) is 108 Å². The van der Waals surface area contributed by atoms with Gasteiger partial charge in [0.15, 0.2) is 11.9 Å². The fourth-order valence-corrected chi connectivity index (χ4v) is 11.7. The zero-order chi connectivity index (χ0) is 86.3. The number of hydrogen-bond acceptors (Lipinski definition) is 21. The maximum absolute atomic E-state index is 12.9. The van der Waals surface area contributed by atoms with Crippen LogP contribution >= 0.6 is 0 Å². The van der Waals surface area contributed by atoms with Gasteiger partial charge in [0.05, 0.1) is 81.3 Å². The number of aliphatic hydroxyl groups excluding tert-OH is 5. The van der Waals surface area contributed by atoms with Crippen LogP contribution in [-0.4, -0.2) is 189 Å². The Kier molecular flexibility index (Phi) is 49.4. The number of unbranched alkanes of at least 4 members (excludes halogenated alkanes) is 2. The topological polar surface area (TPSA) is 364 Å². The summed E-state index contributed by atoms with van der Waals surface area (Å²) in [5.74, 6) is 3.05. The number of aliphatic hydroxyl groups is 5. The number of aryl methyl sites for hydroxylation is 1. The van der Waals surface area contributed by atoms with Gasteiger partial charge in [0.25, 0.3) is 11.4 Å². The predicted octanol–water partition coefficient (Wildman–Crippen LogP) is 14.8. The Morgan fingerprint density at radius 1 is 0.841 bits per heavy atom. The number of nitro benzene ring substituents is 2. The number of nitrogens with zero attached hydrogens (tertiary/aromatic N) is 8. The molecule has 113 heavy (non-hydrogen) atoms. The van der Waals surface area contributed by atoms with E-state index >= 15 is 0 Å². The van der Waals surface area contributed by atoms with Crippen molar-refractivity contribution in [1.29, 1.82) is 0 Å². The molecule has 1 aromatic heterocycles. The van der Waals surface area contributed by atoms with Gasteiger partial charge in [0, 0.05) is 66.1 Å². The normalized spacial score (nSPS) is 18.6. The molecule has 9 rings (SSSR count). The summed E-state index contributed by atoms with van der Waals surface area (Å²) in [5, 5.41) is 80.0. The van der Waals surface area contributed by atoms with Crippen LogP contribution in [0.25, 0.3) is 21.2 Å². The highest BCUT2D eigenvalue weighted by Gasteiger charge is 2.43. The van der Waals surface area contributed by atoms with Crippen LogP contribution in [0.4, 0.5) is 54.1 Å². The molecule has 5 aromatic carbocycles. The lowest BCUT2D eigenvalue weighted by molar-refractivity contribution is -0.397. The number of nitro groups is 3.